The number of rotatable bonds is 5. The molecule has 3 aliphatic heterocycles. The largest absolute Gasteiger partial charge is 0.381 e. The molecule has 4 rings (SSSR count). The highest BCUT2D eigenvalue weighted by atomic mass is 32.2. The molecule has 0 aromatic carbocycles. The molecule has 0 N–H and O–H groups in total. The van der Waals surface area contributed by atoms with Crippen molar-refractivity contribution >= 4 is 15.8 Å². The monoisotopic (exact) mass is 394 g/mol. The summed E-state index contributed by atoms with van der Waals surface area (Å²) in [5.74, 6) is 1.55. The standard InChI is InChI=1S/C19H30N4O3S/c24-27(25,23-7-2-1-3-8-23)18-4-5-19(20-14-18)22-11-9-21(10-12-22)15-17-6-13-26-16-17/h4-5,14,17H,1-3,6-13,15-16H2. The molecule has 1 aromatic rings. The Kier molecular flexibility index (Phi) is 5.96. The van der Waals surface area contributed by atoms with Crippen LogP contribution in [0.2, 0.25) is 0 Å². The van der Waals surface area contributed by atoms with E-state index in [-0.39, 0.29) is 0 Å². The molecule has 0 amide bonds. The summed E-state index contributed by atoms with van der Waals surface area (Å²) in [5.41, 5.74) is 0. The van der Waals surface area contributed by atoms with Gasteiger partial charge in [0.2, 0.25) is 10.0 Å². The molecule has 0 spiro atoms. The van der Waals surface area contributed by atoms with Gasteiger partial charge in [0, 0.05) is 58.6 Å². The van der Waals surface area contributed by atoms with Crippen molar-refractivity contribution in [2.45, 2.75) is 30.6 Å². The van der Waals surface area contributed by atoms with Crippen molar-refractivity contribution in [2.75, 3.05) is 63.9 Å². The van der Waals surface area contributed by atoms with Gasteiger partial charge in [0.15, 0.2) is 0 Å². The third-order valence-corrected chi connectivity index (χ3v) is 7.79. The predicted molar refractivity (Wildman–Crippen MR) is 104 cm³/mol. The number of piperidine rings is 1. The maximum atomic E-state index is 12.7. The van der Waals surface area contributed by atoms with Crippen LogP contribution in [0.15, 0.2) is 23.2 Å². The molecule has 4 heterocycles. The molecule has 0 radical (unpaired) electrons. The molecule has 1 aromatic heterocycles. The molecular formula is C19H30N4O3S. The number of pyridine rings is 1. The van der Waals surface area contributed by atoms with Crippen molar-refractivity contribution in [1.29, 1.82) is 0 Å². The molecule has 1 atom stereocenters. The van der Waals surface area contributed by atoms with Gasteiger partial charge in [0.05, 0.1) is 6.61 Å². The molecule has 0 aliphatic carbocycles. The molecule has 0 bridgehead atoms. The minimum absolute atomic E-state index is 0.313. The van der Waals surface area contributed by atoms with Gasteiger partial charge in [-0.3, -0.25) is 4.90 Å². The zero-order valence-electron chi connectivity index (χ0n) is 15.9. The fourth-order valence-corrected chi connectivity index (χ4v) is 5.68. The Bertz CT molecular complexity index is 705. The van der Waals surface area contributed by atoms with Crippen molar-refractivity contribution in [3.05, 3.63) is 18.3 Å². The van der Waals surface area contributed by atoms with E-state index in [9.17, 15) is 8.42 Å². The van der Waals surface area contributed by atoms with Crippen LogP contribution in [-0.4, -0.2) is 81.6 Å². The number of nitrogens with zero attached hydrogens (tertiary/aromatic N) is 4. The van der Waals surface area contributed by atoms with Gasteiger partial charge in [-0.15, -0.1) is 0 Å². The summed E-state index contributed by atoms with van der Waals surface area (Å²) in [6.45, 7) is 8.07. The highest BCUT2D eigenvalue weighted by Gasteiger charge is 2.27. The first-order chi connectivity index (χ1) is 13.1. The van der Waals surface area contributed by atoms with Crippen LogP contribution in [0.3, 0.4) is 0 Å². The average Bonchev–Trinajstić information content (AvgIpc) is 3.22. The number of anilines is 1. The quantitative estimate of drug-likeness (QED) is 0.752. The van der Waals surface area contributed by atoms with Gasteiger partial charge >= 0.3 is 0 Å². The molecule has 0 saturated carbocycles. The third kappa shape index (κ3) is 4.45. The van der Waals surface area contributed by atoms with Crippen LogP contribution in [0.4, 0.5) is 5.82 Å². The number of ether oxygens (including phenoxy) is 1. The van der Waals surface area contributed by atoms with Gasteiger partial charge in [-0.05, 0) is 37.3 Å². The van der Waals surface area contributed by atoms with Crippen molar-refractivity contribution < 1.29 is 13.2 Å². The topological polar surface area (TPSA) is 66.0 Å². The van der Waals surface area contributed by atoms with Gasteiger partial charge in [-0.2, -0.15) is 4.31 Å². The minimum Gasteiger partial charge on any atom is -0.381 e. The summed E-state index contributed by atoms with van der Waals surface area (Å²) in [6.07, 6.45) is 5.71. The van der Waals surface area contributed by atoms with E-state index >= 15 is 0 Å². The van der Waals surface area contributed by atoms with Crippen LogP contribution in [0, 0.1) is 5.92 Å². The molecule has 8 heteroatoms. The summed E-state index contributed by atoms with van der Waals surface area (Å²) in [6, 6.07) is 3.58. The van der Waals surface area contributed by atoms with Crippen molar-refractivity contribution in [1.82, 2.24) is 14.2 Å². The zero-order valence-corrected chi connectivity index (χ0v) is 16.7. The lowest BCUT2D eigenvalue weighted by Crippen LogP contribution is -2.48. The second kappa shape index (κ2) is 8.43. The highest BCUT2D eigenvalue weighted by molar-refractivity contribution is 7.89. The van der Waals surface area contributed by atoms with Crippen molar-refractivity contribution in [3.63, 3.8) is 0 Å². The maximum absolute atomic E-state index is 12.7. The third-order valence-electron chi connectivity index (χ3n) is 5.91. The molecule has 27 heavy (non-hydrogen) atoms. The molecule has 1 unspecified atom stereocenters. The van der Waals surface area contributed by atoms with Gasteiger partial charge in [0.25, 0.3) is 0 Å². The first kappa shape index (κ1) is 19.1. The van der Waals surface area contributed by atoms with Crippen molar-refractivity contribution in [3.8, 4) is 0 Å². The smallest absolute Gasteiger partial charge is 0.244 e. The van der Waals surface area contributed by atoms with Crippen LogP contribution in [-0.2, 0) is 14.8 Å². The molecule has 3 fully saturated rings. The first-order valence-electron chi connectivity index (χ1n) is 10.1. The van der Waals surface area contributed by atoms with E-state index in [1.54, 1.807) is 10.4 Å². The fraction of sp³-hybridized carbons (Fsp3) is 0.737. The molecular weight excluding hydrogens is 364 g/mol. The Balaban J connectivity index is 1.34. The Morgan fingerprint density at radius 1 is 1.04 bits per heavy atom. The van der Waals surface area contributed by atoms with Crippen LogP contribution in [0.5, 0.6) is 0 Å². The lowest BCUT2D eigenvalue weighted by Gasteiger charge is -2.36. The van der Waals surface area contributed by atoms with E-state index in [1.807, 2.05) is 6.07 Å². The summed E-state index contributed by atoms with van der Waals surface area (Å²) in [7, 11) is -3.40. The van der Waals surface area contributed by atoms with Crippen LogP contribution < -0.4 is 4.90 Å². The zero-order chi connectivity index (χ0) is 18.7. The summed E-state index contributed by atoms with van der Waals surface area (Å²) in [5, 5.41) is 0. The van der Waals surface area contributed by atoms with Gasteiger partial charge < -0.3 is 9.64 Å². The first-order valence-corrected chi connectivity index (χ1v) is 11.6. The van der Waals surface area contributed by atoms with Gasteiger partial charge in [-0.1, -0.05) is 6.42 Å². The van der Waals surface area contributed by atoms with Gasteiger partial charge in [0.1, 0.15) is 10.7 Å². The summed E-state index contributed by atoms with van der Waals surface area (Å²) < 4.78 is 32.5. The molecule has 7 nitrogen and oxygen atoms in total. The number of hydrogen-bond donors (Lipinski definition) is 0. The van der Waals surface area contributed by atoms with E-state index in [4.69, 9.17) is 4.74 Å². The molecule has 3 aliphatic rings. The van der Waals surface area contributed by atoms with E-state index in [0.29, 0.717) is 23.9 Å². The molecule has 3 saturated heterocycles. The highest BCUT2D eigenvalue weighted by Crippen LogP contribution is 2.22. The Hall–Kier alpha value is -1.22. The van der Waals surface area contributed by atoms with E-state index in [1.165, 1.54) is 12.6 Å². The minimum atomic E-state index is -3.40. The number of sulfonamides is 1. The number of hydrogen-bond acceptors (Lipinski definition) is 6. The SMILES string of the molecule is O=S(=O)(c1ccc(N2CCN(CC3CCOC3)CC2)nc1)N1CCCCC1. The Morgan fingerprint density at radius 3 is 2.44 bits per heavy atom. The lowest BCUT2D eigenvalue weighted by molar-refractivity contribution is 0.164. The second-order valence-corrected chi connectivity index (χ2v) is 9.77. The lowest BCUT2D eigenvalue weighted by atomic mass is 10.1. The van der Waals surface area contributed by atoms with E-state index < -0.39 is 10.0 Å². The molecule has 150 valence electrons. The summed E-state index contributed by atoms with van der Waals surface area (Å²) >= 11 is 0. The number of piperazine rings is 1. The maximum Gasteiger partial charge on any atom is 0.244 e. The Morgan fingerprint density at radius 2 is 1.81 bits per heavy atom. The van der Waals surface area contributed by atoms with Crippen LogP contribution in [0.1, 0.15) is 25.7 Å². The fourth-order valence-electron chi connectivity index (χ4n) is 4.22. The van der Waals surface area contributed by atoms with Crippen molar-refractivity contribution in [2.24, 2.45) is 5.92 Å². The van der Waals surface area contributed by atoms with Crippen LogP contribution >= 0.6 is 0 Å². The Labute approximate surface area is 162 Å². The predicted octanol–water partition coefficient (Wildman–Crippen LogP) is 1.41. The van der Waals surface area contributed by atoms with E-state index in [0.717, 1.165) is 71.0 Å². The van der Waals surface area contributed by atoms with Crippen LogP contribution in [0.25, 0.3) is 0 Å². The normalized spacial score (nSPS) is 25.8. The van der Waals surface area contributed by atoms with Gasteiger partial charge in [-0.25, -0.2) is 13.4 Å². The average molecular weight is 395 g/mol. The summed E-state index contributed by atoms with van der Waals surface area (Å²) in [4.78, 5) is 9.54. The second-order valence-electron chi connectivity index (χ2n) is 7.83. The number of aromatic nitrogens is 1. The van der Waals surface area contributed by atoms with E-state index in [2.05, 4.69) is 14.8 Å².